The van der Waals surface area contributed by atoms with E-state index in [1.807, 2.05) is 19.1 Å². The summed E-state index contributed by atoms with van der Waals surface area (Å²) in [5, 5.41) is 12.1. The Hall–Kier alpha value is -2.43. The standard InChI is InChI=1S/C16H15F2NO2/c1-10-3-6-16(13(7-10)11(2)19-20)21-9-12-4-5-14(17)15(18)8-12/h3-8,20H,9H2,1-2H3/b19-11-. The molecule has 0 aliphatic carbocycles. The number of hydrogen-bond acceptors (Lipinski definition) is 3. The minimum Gasteiger partial charge on any atom is -0.488 e. The van der Waals surface area contributed by atoms with Gasteiger partial charge < -0.3 is 9.94 Å². The highest BCUT2D eigenvalue weighted by Crippen LogP contribution is 2.22. The van der Waals surface area contributed by atoms with Gasteiger partial charge in [0.15, 0.2) is 11.6 Å². The van der Waals surface area contributed by atoms with E-state index in [4.69, 9.17) is 9.94 Å². The van der Waals surface area contributed by atoms with Gasteiger partial charge in [-0.1, -0.05) is 22.9 Å². The van der Waals surface area contributed by atoms with Crippen LogP contribution in [0.2, 0.25) is 0 Å². The Morgan fingerprint density at radius 2 is 1.90 bits per heavy atom. The SMILES string of the molecule is C/C(=N/O)c1cc(C)ccc1OCc1ccc(F)c(F)c1. The summed E-state index contributed by atoms with van der Waals surface area (Å²) in [5.41, 5.74) is 2.58. The summed E-state index contributed by atoms with van der Waals surface area (Å²) in [4.78, 5) is 0. The number of nitrogens with zero attached hydrogens (tertiary/aromatic N) is 1. The molecule has 2 rings (SSSR count). The Balaban J connectivity index is 2.21. The average molecular weight is 291 g/mol. The Bertz CT molecular complexity index is 684. The summed E-state index contributed by atoms with van der Waals surface area (Å²) in [5.74, 6) is -1.29. The lowest BCUT2D eigenvalue weighted by atomic mass is 10.1. The van der Waals surface area contributed by atoms with Gasteiger partial charge in [-0.25, -0.2) is 8.78 Å². The van der Waals surface area contributed by atoms with Crippen LogP contribution in [0.4, 0.5) is 8.78 Å². The van der Waals surface area contributed by atoms with Crippen molar-refractivity contribution < 1.29 is 18.7 Å². The van der Waals surface area contributed by atoms with E-state index in [-0.39, 0.29) is 6.61 Å². The monoisotopic (exact) mass is 291 g/mol. The first-order valence-corrected chi connectivity index (χ1v) is 6.37. The molecule has 0 atom stereocenters. The van der Waals surface area contributed by atoms with Crippen molar-refractivity contribution in [3.8, 4) is 5.75 Å². The van der Waals surface area contributed by atoms with Crippen LogP contribution in [-0.2, 0) is 6.61 Å². The van der Waals surface area contributed by atoms with Crippen molar-refractivity contribution in [1.82, 2.24) is 0 Å². The molecule has 0 aliphatic rings. The van der Waals surface area contributed by atoms with Gasteiger partial charge in [0.2, 0.25) is 0 Å². The normalized spacial score (nSPS) is 11.5. The maximum absolute atomic E-state index is 13.1. The summed E-state index contributed by atoms with van der Waals surface area (Å²) in [6, 6.07) is 9.05. The first-order chi connectivity index (χ1) is 10.0. The highest BCUT2D eigenvalue weighted by atomic mass is 19.2. The van der Waals surface area contributed by atoms with E-state index in [0.717, 1.165) is 17.7 Å². The maximum Gasteiger partial charge on any atom is 0.159 e. The Morgan fingerprint density at radius 3 is 2.57 bits per heavy atom. The molecule has 2 aromatic rings. The lowest BCUT2D eigenvalue weighted by Crippen LogP contribution is -2.03. The number of hydrogen-bond donors (Lipinski definition) is 1. The lowest BCUT2D eigenvalue weighted by molar-refractivity contribution is 0.302. The maximum atomic E-state index is 13.1. The van der Waals surface area contributed by atoms with Crippen molar-refractivity contribution in [3.05, 3.63) is 64.7 Å². The van der Waals surface area contributed by atoms with Crippen molar-refractivity contribution >= 4 is 5.71 Å². The third-order valence-corrected chi connectivity index (χ3v) is 3.05. The second-order valence-corrected chi connectivity index (χ2v) is 4.72. The van der Waals surface area contributed by atoms with Gasteiger partial charge in [-0.2, -0.15) is 0 Å². The van der Waals surface area contributed by atoms with E-state index >= 15 is 0 Å². The van der Waals surface area contributed by atoms with E-state index in [1.54, 1.807) is 13.0 Å². The summed E-state index contributed by atoms with van der Waals surface area (Å²) in [7, 11) is 0. The molecule has 3 nitrogen and oxygen atoms in total. The molecule has 0 aromatic heterocycles. The van der Waals surface area contributed by atoms with Crippen LogP contribution in [0.15, 0.2) is 41.6 Å². The number of aryl methyl sites for hydroxylation is 1. The quantitative estimate of drug-likeness (QED) is 0.524. The Labute approximate surface area is 121 Å². The smallest absolute Gasteiger partial charge is 0.159 e. The van der Waals surface area contributed by atoms with Crippen LogP contribution < -0.4 is 4.74 Å². The molecule has 110 valence electrons. The van der Waals surface area contributed by atoms with Gasteiger partial charge in [0.1, 0.15) is 12.4 Å². The van der Waals surface area contributed by atoms with E-state index in [9.17, 15) is 8.78 Å². The molecule has 0 saturated carbocycles. The zero-order valence-electron chi connectivity index (χ0n) is 11.7. The summed E-state index contributed by atoms with van der Waals surface area (Å²) in [6.45, 7) is 3.65. The Kier molecular flexibility index (Phi) is 4.52. The highest BCUT2D eigenvalue weighted by molar-refractivity contribution is 6.00. The molecule has 5 heteroatoms. The van der Waals surface area contributed by atoms with E-state index < -0.39 is 11.6 Å². The molecule has 0 aliphatic heterocycles. The molecular formula is C16H15F2NO2. The minimum atomic E-state index is -0.909. The van der Waals surface area contributed by atoms with Crippen molar-refractivity contribution in [2.24, 2.45) is 5.16 Å². The van der Waals surface area contributed by atoms with E-state index in [1.165, 1.54) is 6.07 Å². The van der Waals surface area contributed by atoms with Crippen molar-refractivity contribution in [1.29, 1.82) is 0 Å². The number of oxime groups is 1. The molecule has 0 radical (unpaired) electrons. The number of ether oxygens (including phenoxy) is 1. The molecule has 0 bridgehead atoms. The van der Waals surface area contributed by atoms with Gasteiger partial charge >= 0.3 is 0 Å². The third kappa shape index (κ3) is 3.56. The molecule has 21 heavy (non-hydrogen) atoms. The minimum absolute atomic E-state index is 0.0893. The van der Waals surface area contributed by atoms with Gasteiger partial charge in [0, 0.05) is 5.56 Å². The van der Waals surface area contributed by atoms with Crippen molar-refractivity contribution in [2.45, 2.75) is 20.5 Å². The van der Waals surface area contributed by atoms with Gasteiger partial charge in [0.25, 0.3) is 0 Å². The first-order valence-electron chi connectivity index (χ1n) is 6.37. The van der Waals surface area contributed by atoms with Crippen molar-refractivity contribution in [3.63, 3.8) is 0 Å². The predicted octanol–water partition coefficient (Wildman–Crippen LogP) is 4.05. The number of halogens is 2. The zero-order chi connectivity index (χ0) is 15.4. The first kappa shape index (κ1) is 15.0. The molecule has 0 spiro atoms. The molecule has 2 aromatic carbocycles. The second-order valence-electron chi connectivity index (χ2n) is 4.72. The largest absolute Gasteiger partial charge is 0.488 e. The molecule has 0 heterocycles. The van der Waals surface area contributed by atoms with Crippen molar-refractivity contribution in [2.75, 3.05) is 0 Å². The van der Waals surface area contributed by atoms with Crippen LogP contribution >= 0.6 is 0 Å². The molecule has 1 N–H and O–H groups in total. The van der Waals surface area contributed by atoms with Crippen LogP contribution in [0.25, 0.3) is 0 Å². The van der Waals surface area contributed by atoms with Crippen LogP contribution in [0, 0.1) is 18.6 Å². The fourth-order valence-electron chi connectivity index (χ4n) is 1.90. The van der Waals surface area contributed by atoms with E-state index in [0.29, 0.717) is 22.6 Å². The second kappa shape index (κ2) is 6.35. The van der Waals surface area contributed by atoms with Gasteiger partial charge in [-0.3, -0.25) is 0 Å². The molecule has 0 saturated heterocycles. The fourth-order valence-corrected chi connectivity index (χ4v) is 1.90. The number of benzene rings is 2. The Morgan fingerprint density at radius 1 is 1.14 bits per heavy atom. The molecule has 0 unspecified atom stereocenters. The van der Waals surface area contributed by atoms with Crippen LogP contribution in [-0.4, -0.2) is 10.9 Å². The van der Waals surface area contributed by atoms with Gasteiger partial charge in [0.05, 0.1) is 5.71 Å². The van der Waals surface area contributed by atoms with Gasteiger partial charge in [-0.15, -0.1) is 0 Å². The predicted molar refractivity (Wildman–Crippen MR) is 75.9 cm³/mol. The third-order valence-electron chi connectivity index (χ3n) is 3.05. The number of rotatable bonds is 4. The molecule has 0 amide bonds. The topological polar surface area (TPSA) is 41.8 Å². The zero-order valence-corrected chi connectivity index (χ0v) is 11.7. The molecular weight excluding hydrogens is 276 g/mol. The average Bonchev–Trinajstić information content (AvgIpc) is 2.48. The van der Waals surface area contributed by atoms with E-state index in [2.05, 4.69) is 5.16 Å². The lowest BCUT2D eigenvalue weighted by Gasteiger charge is -2.12. The molecule has 0 fully saturated rings. The summed E-state index contributed by atoms with van der Waals surface area (Å²) in [6.07, 6.45) is 0. The van der Waals surface area contributed by atoms with Crippen LogP contribution in [0.5, 0.6) is 5.75 Å². The van der Waals surface area contributed by atoms with Crippen LogP contribution in [0.1, 0.15) is 23.6 Å². The van der Waals surface area contributed by atoms with Gasteiger partial charge in [-0.05, 0) is 43.7 Å². The summed E-state index contributed by atoms with van der Waals surface area (Å²) < 4.78 is 31.6. The highest BCUT2D eigenvalue weighted by Gasteiger charge is 2.09. The van der Waals surface area contributed by atoms with Crippen LogP contribution in [0.3, 0.4) is 0 Å². The summed E-state index contributed by atoms with van der Waals surface area (Å²) >= 11 is 0. The fraction of sp³-hybridized carbons (Fsp3) is 0.188.